The van der Waals surface area contributed by atoms with Crippen molar-refractivity contribution in [2.24, 2.45) is 0 Å². The fraction of sp³-hybridized carbons (Fsp3) is 0.636. The number of rotatable bonds is 2. The topological polar surface area (TPSA) is 45.8 Å². The number of nitrogens with one attached hydrogen (secondary N) is 1. The molecule has 0 radical (unpaired) electrons. The summed E-state index contributed by atoms with van der Waals surface area (Å²) < 4.78 is 0. The van der Waals surface area contributed by atoms with Gasteiger partial charge in [-0.15, -0.1) is 11.8 Å². The van der Waals surface area contributed by atoms with Crippen molar-refractivity contribution in [2.45, 2.75) is 24.0 Å². The third kappa shape index (κ3) is 2.30. The molecule has 0 spiro atoms. The van der Waals surface area contributed by atoms with Gasteiger partial charge in [0.05, 0.1) is 10.9 Å². The molecule has 3 nitrogen and oxygen atoms in total. The summed E-state index contributed by atoms with van der Waals surface area (Å²) in [6.45, 7) is 0. The van der Waals surface area contributed by atoms with E-state index in [1.165, 1.54) is 18.6 Å². The summed E-state index contributed by atoms with van der Waals surface area (Å²) in [6.07, 6.45) is 2.39. The maximum absolute atomic E-state index is 11.6. The van der Waals surface area contributed by atoms with Gasteiger partial charge in [-0.25, -0.2) is 4.98 Å². The highest BCUT2D eigenvalue weighted by Crippen LogP contribution is 2.40. The van der Waals surface area contributed by atoms with E-state index in [0.717, 1.165) is 23.0 Å². The number of thioether (sulfide) groups is 2. The Morgan fingerprint density at radius 3 is 2.94 bits per heavy atom. The number of H-pyrrole nitrogens is 1. The lowest BCUT2D eigenvalue weighted by Crippen LogP contribution is -2.17. The van der Waals surface area contributed by atoms with E-state index in [1.54, 1.807) is 6.07 Å². The van der Waals surface area contributed by atoms with Gasteiger partial charge in [-0.1, -0.05) is 0 Å². The van der Waals surface area contributed by atoms with Gasteiger partial charge >= 0.3 is 0 Å². The molecule has 3 rings (SSSR count). The smallest absolute Gasteiger partial charge is 0.251 e. The van der Waals surface area contributed by atoms with Gasteiger partial charge in [0.1, 0.15) is 5.82 Å². The van der Waals surface area contributed by atoms with E-state index in [1.807, 2.05) is 23.5 Å². The summed E-state index contributed by atoms with van der Waals surface area (Å²) in [6, 6.07) is 1.67. The van der Waals surface area contributed by atoms with E-state index < -0.39 is 0 Å². The minimum absolute atomic E-state index is 0.0167. The normalized spacial score (nSPS) is 25.6. The Bertz CT molecular complexity index is 436. The molecule has 1 aromatic heterocycles. The molecule has 1 saturated heterocycles. The van der Waals surface area contributed by atoms with Gasteiger partial charge < -0.3 is 4.98 Å². The van der Waals surface area contributed by atoms with Crippen molar-refractivity contribution >= 4 is 23.5 Å². The number of hydrogen-bond donors (Lipinski definition) is 1. The maximum Gasteiger partial charge on any atom is 0.251 e. The van der Waals surface area contributed by atoms with Crippen molar-refractivity contribution in [3.63, 3.8) is 0 Å². The van der Waals surface area contributed by atoms with Crippen molar-refractivity contribution in [3.8, 4) is 0 Å². The molecular weight excluding hydrogens is 240 g/mol. The predicted octanol–water partition coefficient (Wildman–Crippen LogP) is 2.17. The van der Waals surface area contributed by atoms with Crippen LogP contribution in [-0.4, -0.2) is 27.2 Å². The van der Waals surface area contributed by atoms with Gasteiger partial charge in [-0.3, -0.25) is 4.79 Å². The molecule has 2 aliphatic rings. The van der Waals surface area contributed by atoms with Crippen LogP contribution < -0.4 is 5.56 Å². The lowest BCUT2D eigenvalue weighted by atomic mass is 10.3. The third-order valence-corrected chi connectivity index (χ3v) is 5.66. The molecule has 0 amide bonds. The number of aromatic nitrogens is 2. The van der Waals surface area contributed by atoms with Gasteiger partial charge in [0.25, 0.3) is 5.56 Å². The fourth-order valence-electron chi connectivity index (χ4n) is 1.88. The van der Waals surface area contributed by atoms with Gasteiger partial charge in [-0.05, 0) is 12.8 Å². The summed E-state index contributed by atoms with van der Waals surface area (Å²) in [7, 11) is 0. The molecule has 5 heteroatoms. The molecule has 1 aliphatic carbocycles. The van der Waals surface area contributed by atoms with Crippen LogP contribution in [0.1, 0.15) is 35.5 Å². The van der Waals surface area contributed by atoms with E-state index in [0.29, 0.717) is 11.2 Å². The summed E-state index contributed by atoms with van der Waals surface area (Å²) in [5.74, 6) is 4.90. The van der Waals surface area contributed by atoms with Crippen molar-refractivity contribution in [1.82, 2.24) is 9.97 Å². The first-order valence-electron chi connectivity index (χ1n) is 5.63. The first kappa shape index (κ1) is 10.7. The SMILES string of the molecule is O=c1cc(C2CC2)nc(C2CSCCS2)[nH]1. The van der Waals surface area contributed by atoms with Crippen molar-refractivity contribution in [1.29, 1.82) is 0 Å². The van der Waals surface area contributed by atoms with E-state index in [4.69, 9.17) is 0 Å². The maximum atomic E-state index is 11.6. The standard InChI is InChI=1S/C11H14N2OS2/c14-10-5-8(7-1-2-7)12-11(13-10)9-6-15-3-4-16-9/h5,7,9H,1-4,6H2,(H,12,13,14). The summed E-state index contributed by atoms with van der Waals surface area (Å²) in [5.41, 5.74) is 1.03. The molecule has 1 saturated carbocycles. The average Bonchev–Trinajstić information content (AvgIpc) is 3.13. The largest absolute Gasteiger partial charge is 0.310 e. The molecule has 0 bridgehead atoms. The second kappa shape index (κ2) is 4.45. The number of aromatic amines is 1. The highest BCUT2D eigenvalue weighted by atomic mass is 32.2. The summed E-state index contributed by atoms with van der Waals surface area (Å²) in [5, 5.41) is 0.380. The molecule has 2 fully saturated rings. The first-order chi connectivity index (χ1) is 7.83. The van der Waals surface area contributed by atoms with Crippen molar-refractivity contribution in [2.75, 3.05) is 17.3 Å². The molecule has 16 heavy (non-hydrogen) atoms. The molecule has 2 heterocycles. The van der Waals surface area contributed by atoms with Crippen LogP contribution in [0.2, 0.25) is 0 Å². The molecule has 1 unspecified atom stereocenters. The lowest BCUT2D eigenvalue weighted by molar-refractivity contribution is 0.857. The Morgan fingerprint density at radius 2 is 2.25 bits per heavy atom. The summed E-state index contributed by atoms with van der Waals surface area (Å²) >= 11 is 3.86. The second-order valence-corrected chi connectivity index (χ2v) is 6.72. The van der Waals surface area contributed by atoms with Gasteiger partial charge in [0, 0.05) is 29.2 Å². The summed E-state index contributed by atoms with van der Waals surface area (Å²) in [4.78, 5) is 19.1. The van der Waals surface area contributed by atoms with Gasteiger partial charge in [0.2, 0.25) is 0 Å². The van der Waals surface area contributed by atoms with Crippen molar-refractivity contribution < 1.29 is 0 Å². The van der Waals surface area contributed by atoms with E-state index in [2.05, 4.69) is 9.97 Å². The molecule has 1 aliphatic heterocycles. The van der Waals surface area contributed by atoms with Crippen LogP contribution in [0.3, 0.4) is 0 Å². The van der Waals surface area contributed by atoms with Gasteiger partial charge in [-0.2, -0.15) is 11.8 Å². The van der Waals surface area contributed by atoms with Crippen molar-refractivity contribution in [3.05, 3.63) is 27.9 Å². The Morgan fingerprint density at radius 1 is 1.38 bits per heavy atom. The molecule has 86 valence electrons. The van der Waals surface area contributed by atoms with E-state index >= 15 is 0 Å². The molecule has 1 aromatic rings. The van der Waals surface area contributed by atoms with Crippen LogP contribution in [0.5, 0.6) is 0 Å². The average molecular weight is 254 g/mol. The van der Waals surface area contributed by atoms with E-state index in [-0.39, 0.29) is 5.56 Å². The van der Waals surface area contributed by atoms with Crippen LogP contribution in [-0.2, 0) is 0 Å². The van der Waals surface area contributed by atoms with Crippen LogP contribution in [0, 0.1) is 0 Å². The Balaban J connectivity index is 1.89. The Labute approximate surface area is 103 Å². The number of nitrogens with zero attached hydrogens (tertiary/aromatic N) is 1. The van der Waals surface area contributed by atoms with Crippen LogP contribution in [0.4, 0.5) is 0 Å². The third-order valence-electron chi connectivity index (χ3n) is 2.90. The second-order valence-electron chi connectivity index (χ2n) is 4.26. The Hall–Kier alpha value is -0.420. The lowest BCUT2D eigenvalue weighted by Gasteiger charge is -2.20. The minimum atomic E-state index is 0.0167. The van der Waals surface area contributed by atoms with Gasteiger partial charge in [0.15, 0.2) is 0 Å². The number of hydrogen-bond acceptors (Lipinski definition) is 4. The highest BCUT2D eigenvalue weighted by Gasteiger charge is 2.27. The predicted molar refractivity (Wildman–Crippen MR) is 69.4 cm³/mol. The molecule has 1 atom stereocenters. The van der Waals surface area contributed by atoms with Crippen LogP contribution in [0.25, 0.3) is 0 Å². The Kier molecular flexibility index (Phi) is 2.98. The molecule has 0 aromatic carbocycles. The van der Waals surface area contributed by atoms with Crippen LogP contribution in [0.15, 0.2) is 10.9 Å². The zero-order valence-electron chi connectivity index (χ0n) is 8.94. The first-order valence-corrected chi connectivity index (χ1v) is 7.84. The highest BCUT2D eigenvalue weighted by molar-refractivity contribution is 8.06. The molecule has 1 N–H and O–H groups in total. The zero-order valence-corrected chi connectivity index (χ0v) is 10.6. The fourth-order valence-corrected chi connectivity index (χ4v) is 4.50. The minimum Gasteiger partial charge on any atom is -0.310 e. The van der Waals surface area contributed by atoms with Crippen LogP contribution >= 0.6 is 23.5 Å². The zero-order chi connectivity index (χ0) is 11.0. The molecular formula is C11H14N2OS2. The monoisotopic (exact) mass is 254 g/mol. The quantitative estimate of drug-likeness (QED) is 0.878. The van der Waals surface area contributed by atoms with E-state index in [9.17, 15) is 4.79 Å².